The molecule has 186 valence electrons. The zero-order valence-electron chi connectivity index (χ0n) is 21.0. The highest BCUT2D eigenvalue weighted by Gasteiger charge is 2.17. The number of pyridine rings is 1. The summed E-state index contributed by atoms with van der Waals surface area (Å²) < 4.78 is 5.11. The van der Waals surface area contributed by atoms with Crippen LogP contribution in [0.25, 0.3) is 33.2 Å². The van der Waals surface area contributed by atoms with Crippen molar-refractivity contribution in [2.75, 3.05) is 11.9 Å². The number of aryl methyl sites for hydroxylation is 2. The minimum Gasteiger partial charge on any atom is -0.462 e. The summed E-state index contributed by atoms with van der Waals surface area (Å²) in [6.07, 6.45) is 1.68. The molecule has 0 saturated carbocycles. The lowest BCUT2D eigenvalue weighted by Crippen LogP contribution is -2.15. The number of H-pyrrole nitrogens is 1. The number of anilines is 1. The summed E-state index contributed by atoms with van der Waals surface area (Å²) in [5.41, 5.74) is 7.03. The molecule has 0 aliphatic carbocycles. The predicted molar refractivity (Wildman–Crippen MR) is 148 cm³/mol. The molecular formula is C31H29N3O3. The molecular weight excluding hydrogens is 462 g/mol. The quantitative estimate of drug-likeness (QED) is 0.233. The number of aromatic amines is 1. The zero-order chi connectivity index (χ0) is 25.8. The fraction of sp³-hybridized carbons (Fsp3) is 0.194. The summed E-state index contributed by atoms with van der Waals surface area (Å²) in [7, 11) is 0. The Morgan fingerprint density at radius 2 is 1.78 bits per heavy atom. The maximum absolute atomic E-state index is 12.8. The molecule has 2 aromatic heterocycles. The molecule has 37 heavy (non-hydrogen) atoms. The SMILES string of the molecule is CCOC(=O)c1ccccc1NC(=O)CCCc1c(-c2ccc3ccccc3n2)[nH]c2ccc(C)cc12. The standard InChI is InChI=1S/C31H29N3O3/c1-3-37-31(36)23-10-5-7-13-26(23)33-29(35)14-8-11-22-24-19-20(2)15-17-27(24)34-30(22)28-18-16-21-9-4-6-12-25(21)32-28/h4-7,9-10,12-13,15-19,34H,3,8,11,14H2,1-2H3,(H,33,35). The molecule has 0 radical (unpaired) electrons. The van der Waals surface area contributed by atoms with E-state index in [1.54, 1.807) is 31.2 Å². The van der Waals surface area contributed by atoms with Crippen LogP contribution >= 0.6 is 0 Å². The summed E-state index contributed by atoms with van der Waals surface area (Å²) in [4.78, 5) is 33.5. The molecule has 0 aliphatic heterocycles. The lowest BCUT2D eigenvalue weighted by atomic mass is 10.0. The van der Waals surface area contributed by atoms with E-state index in [0.717, 1.165) is 38.8 Å². The van der Waals surface area contributed by atoms with Crippen molar-refractivity contribution in [1.82, 2.24) is 9.97 Å². The number of nitrogens with one attached hydrogen (secondary N) is 2. The van der Waals surface area contributed by atoms with Crippen LogP contribution in [-0.4, -0.2) is 28.5 Å². The maximum atomic E-state index is 12.8. The highest BCUT2D eigenvalue weighted by molar-refractivity contribution is 6.01. The third kappa shape index (κ3) is 5.23. The first-order valence-corrected chi connectivity index (χ1v) is 12.6. The van der Waals surface area contributed by atoms with Crippen molar-refractivity contribution in [3.05, 3.63) is 95.6 Å². The average Bonchev–Trinajstić information content (AvgIpc) is 3.26. The minimum absolute atomic E-state index is 0.141. The monoisotopic (exact) mass is 491 g/mol. The van der Waals surface area contributed by atoms with E-state index < -0.39 is 5.97 Å². The van der Waals surface area contributed by atoms with Crippen LogP contribution in [0, 0.1) is 6.92 Å². The first-order chi connectivity index (χ1) is 18.0. The Morgan fingerprint density at radius 1 is 0.973 bits per heavy atom. The highest BCUT2D eigenvalue weighted by atomic mass is 16.5. The number of hydrogen-bond donors (Lipinski definition) is 2. The number of amides is 1. The summed E-state index contributed by atoms with van der Waals surface area (Å²) >= 11 is 0. The smallest absolute Gasteiger partial charge is 0.340 e. The Morgan fingerprint density at radius 3 is 2.65 bits per heavy atom. The molecule has 0 aliphatic rings. The van der Waals surface area contributed by atoms with Crippen LogP contribution in [0.1, 0.15) is 41.3 Å². The van der Waals surface area contributed by atoms with Gasteiger partial charge in [0.15, 0.2) is 0 Å². The second-order valence-corrected chi connectivity index (χ2v) is 9.08. The third-order valence-electron chi connectivity index (χ3n) is 6.44. The number of para-hydroxylation sites is 2. The summed E-state index contributed by atoms with van der Waals surface area (Å²) in [6.45, 7) is 4.12. The fourth-order valence-corrected chi connectivity index (χ4v) is 4.66. The van der Waals surface area contributed by atoms with Gasteiger partial charge in [-0.25, -0.2) is 9.78 Å². The Balaban J connectivity index is 1.37. The number of fused-ring (bicyclic) bond motifs is 2. The van der Waals surface area contributed by atoms with Crippen molar-refractivity contribution in [2.24, 2.45) is 0 Å². The number of rotatable bonds is 8. The van der Waals surface area contributed by atoms with Gasteiger partial charge in [-0.3, -0.25) is 4.79 Å². The molecule has 1 amide bonds. The van der Waals surface area contributed by atoms with Crippen LogP contribution in [0.3, 0.4) is 0 Å². The number of hydrogen-bond acceptors (Lipinski definition) is 4. The molecule has 0 bridgehead atoms. The first kappa shape index (κ1) is 24.3. The number of carbonyl (C=O) groups is 2. The molecule has 5 rings (SSSR count). The Hall–Kier alpha value is -4.45. The van der Waals surface area contributed by atoms with Gasteiger partial charge in [0.2, 0.25) is 5.91 Å². The van der Waals surface area contributed by atoms with Crippen LogP contribution in [0.4, 0.5) is 5.69 Å². The van der Waals surface area contributed by atoms with E-state index in [1.165, 1.54) is 5.56 Å². The predicted octanol–water partition coefficient (Wildman–Crippen LogP) is 6.83. The molecule has 2 heterocycles. The van der Waals surface area contributed by atoms with E-state index in [0.29, 0.717) is 30.5 Å². The van der Waals surface area contributed by atoms with Crippen LogP contribution in [-0.2, 0) is 16.0 Å². The Labute approximate surface area is 215 Å². The molecule has 6 nitrogen and oxygen atoms in total. The fourth-order valence-electron chi connectivity index (χ4n) is 4.66. The molecule has 0 atom stereocenters. The van der Waals surface area contributed by atoms with Crippen molar-refractivity contribution in [3.8, 4) is 11.4 Å². The Kier molecular flexibility index (Phi) is 6.99. The van der Waals surface area contributed by atoms with Gasteiger partial charge in [-0.1, -0.05) is 48.0 Å². The van der Waals surface area contributed by atoms with Crippen molar-refractivity contribution in [3.63, 3.8) is 0 Å². The van der Waals surface area contributed by atoms with E-state index in [1.807, 2.05) is 24.3 Å². The van der Waals surface area contributed by atoms with Gasteiger partial charge in [0.1, 0.15) is 0 Å². The molecule has 3 aromatic carbocycles. The van der Waals surface area contributed by atoms with Crippen molar-refractivity contribution in [2.45, 2.75) is 33.1 Å². The van der Waals surface area contributed by atoms with Gasteiger partial charge in [-0.15, -0.1) is 0 Å². The van der Waals surface area contributed by atoms with Gasteiger partial charge in [-0.05, 0) is 68.7 Å². The first-order valence-electron chi connectivity index (χ1n) is 12.6. The Bertz CT molecular complexity index is 1600. The lowest BCUT2D eigenvalue weighted by molar-refractivity contribution is -0.116. The second kappa shape index (κ2) is 10.7. The number of esters is 1. The molecule has 0 fully saturated rings. The molecule has 0 spiro atoms. The summed E-state index contributed by atoms with van der Waals surface area (Å²) in [5, 5.41) is 5.13. The van der Waals surface area contributed by atoms with Gasteiger partial charge in [-0.2, -0.15) is 0 Å². The van der Waals surface area contributed by atoms with Gasteiger partial charge in [0.25, 0.3) is 0 Å². The topological polar surface area (TPSA) is 84.1 Å². The van der Waals surface area contributed by atoms with Crippen LogP contribution < -0.4 is 5.32 Å². The van der Waals surface area contributed by atoms with E-state index in [-0.39, 0.29) is 12.5 Å². The largest absolute Gasteiger partial charge is 0.462 e. The van der Waals surface area contributed by atoms with Crippen LogP contribution in [0.5, 0.6) is 0 Å². The molecule has 5 aromatic rings. The van der Waals surface area contributed by atoms with E-state index in [9.17, 15) is 9.59 Å². The van der Waals surface area contributed by atoms with Gasteiger partial charge in [0, 0.05) is 22.7 Å². The van der Waals surface area contributed by atoms with E-state index in [2.05, 4.69) is 47.6 Å². The third-order valence-corrected chi connectivity index (χ3v) is 6.44. The van der Waals surface area contributed by atoms with Crippen molar-refractivity contribution in [1.29, 1.82) is 0 Å². The maximum Gasteiger partial charge on any atom is 0.340 e. The van der Waals surface area contributed by atoms with Gasteiger partial charge >= 0.3 is 5.97 Å². The molecule has 0 saturated heterocycles. The number of benzene rings is 3. The molecule has 0 unspecified atom stereocenters. The highest BCUT2D eigenvalue weighted by Crippen LogP contribution is 2.32. The molecule has 2 N–H and O–H groups in total. The van der Waals surface area contributed by atoms with E-state index in [4.69, 9.17) is 9.72 Å². The number of carbonyl (C=O) groups excluding carboxylic acids is 2. The number of nitrogens with zero attached hydrogens (tertiary/aromatic N) is 1. The second-order valence-electron chi connectivity index (χ2n) is 9.08. The van der Waals surface area contributed by atoms with Crippen molar-refractivity contribution < 1.29 is 14.3 Å². The van der Waals surface area contributed by atoms with E-state index >= 15 is 0 Å². The lowest BCUT2D eigenvalue weighted by Gasteiger charge is -2.10. The summed E-state index contributed by atoms with van der Waals surface area (Å²) in [5.74, 6) is -0.585. The van der Waals surface area contributed by atoms with Gasteiger partial charge in [0.05, 0.1) is 34.8 Å². The normalized spacial score (nSPS) is 11.1. The minimum atomic E-state index is -0.444. The van der Waals surface area contributed by atoms with Crippen LogP contribution in [0.15, 0.2) is 78.9 Å². The van der Waals surface area contributed by atoms with Crippen LogP contribution in [0.2, 0.25) is 0 Å². The number of aromatic nitrogens is 2. The molecule has 6 heteroatoms. The zero-order valence-corrected chi connectivity index (χ0v) is 21.0. The number of ether oxygens (including phenoxy) is 1. The average molecular weight is 492 g/mol. The van der Waals surface area contributed by atoms with Crippen molar-refractivity contribution >= 4 is 39.4 Å². The summed E-state index contributed by atoms with van der Waals surface area (Å²) in [6, 6.07) is 25.5. The van der Waals surface area contributed by atoms with Gasteiger partial charge < -0.3 is 15.0 Å².